The molecule has 1 aromatic heterocycles. The molecule has 38 heavy (non-hydrogen) atoms. The lowest BCUT2D eigenvalue weighted by atomic mass is 9.80. The number of hydrogen-bond acceptors (Lipinski definition) is 7. The standard InChI is InChI=1S/C29H26N4O5/c1-19-24(29(34)38-18-17-37-21-13-7-4-8-14-21)25(22-15-9-10-16-23(22)33(35)36)26-27(20-11-5-3-6-12-20)31-32(2)28(26)30-19/h3-16,25,30H,17-18H2,1-2H3. The van der Waals surface area contributed by atoms with Gasteiger partial charge in [0.2, 0.25) is 0 Å². The Kier molecular flexibility index (Phi) is 6.90. The fourth-order valence-corrected chi connectivity index (χ4v) is 4.75. The highest BCUT2D eigenvalue weighted by molar-refractivity contribution is 5.96. The Labute approximate surface area is 219 Å². The van der Waals surface area contributed by atoms with Crippen LogP contribution >= 0.6 is 0 Å². The largest absolute Gasteiger partial charge is 0.490 e. The number of hydrogen-bond donors (Lipinski definition) is 1. The van der Waals surface area contributed by atoms with Crippen LogP contribution in [0.4, 0.5) is 11.5 Å². The van der Waals surface area contributed by atoms with Gasteiger partial charge in [-0.05, 0) is 19.1 Å². The molecule has 1 unspecified atom stereocenters. The third kappa shape index (κ3) is 4.73. The van der Waals surface area contributed by atoms with Gasteiger partial charge in [0.25, 0.3) is 5.69 Å². The minimum Gasteiger partial charge on any atom is -0.490 e. The topological polar surface area (TPSA) is 109 Å². The molecule has 0 amide bonds. The molecule has 9 nitrogen and oxygen atoms in total. The van der Waals surface area contributed by atoms with Crippen LogP contribution < -0.4 is 10.1 Å². The number of benzene rings is 3. The van der Waals surface area contributed by atoms with Gasteiger partial charge in [0.1, 0.15) is 24.8 Å². The lowest BCUT2D eigenvalue weighted by molar-refractivity contribution is -0.385. The minimum atomic E-state index is -0.778. The molecule has 0 bridgehead atoms. The molecule has 1 N–H and O–H groups in total. The van der Waals surface area contributed by atoms with Gasteiger partial charge < -0.3 is 14.8 Å². The number of nitro benzene ring substituents is 1. The first-order chi connectivity index (χ1) is 18.5. The highest BCUT2D eigenvalue weighted by atomic mass is 16.6. The predicted octanol–water partition coefficient (Wildman–Crippen LogP) is 5.45. The molecule has 0 fully saturated rings. The number of allylic oxidation sites excluding steroid dienone is 1. The molecule has 0 aliphatic carbocycles. The summed E-state index contributed by atoms with van der Waals surface area (Å²) < 4.78 is 13.0. The summed E-state index contributed by atoms with van der Waals surface area (Å²) in [5.41, 5.74) is 3.26. The molecular weight excluding hydrogens is 484 g/mol. The summed E-state index contributed by atoms with van der Waals surface area (Å²) in [6, 6.07) is 25.2. The number of aromatic nitrogens is 2. The first-order valence-corrected chi connectivity index (χ1v) is 12.1. The average Bonchev–Trinajstić information content (AvgIpc) is 3.27. The molecule has 2 heterocycles. The van der Waals surface area contributed by atoms with Crippen molar-refractivity contribution in [1.29, 1.82) is 0 Å². The molecule has 1 atom stereocenters. The predicted molar refractivity (Wildman–Crippen MR) is 143 cm³/mol. The summed E-state index contributed by atoms with van der Waals surface area (Å²) in [7, 11) is 1.80. The molecule has 0 radical (unpaired) electrons. The third-order valence-electron chi connectivity index (χ3n) is 6.41. The Balaban J connectivity index is 1.55. The fraction of sp³-hybridized carbons (Fsp3) is 0.172. The first-order valence-electron chi connectivity index (χ1n) is 12.1. The van der Waals surface area contributed by atoms with Gasteiger partial charge in [-0.15, -0.1) is 0 Å². The lowest BCUT2D eigenvalue weighted by Crippen LogP contribution is -2.26. The average molecular weight is 511 g/mol. The Bertz CT molecular complexity index is 1510. The number of para-hydroxylation sites is 2. The van der Waals surface area contributed by atoms with Gasteiger partial charge in [-0.3, -0.25) is 14.8 Å². The lowest BCUT2D eigenvalue weighted by Gasteiger charge is -2.28. The van der Waals surface area contributed by atoms with E-state index in [-0.39, 0.29) is 24.5 Å². The summed E-state index contributed by atoms with van der Waals surface area (Å²) >= 11 is 0. The van der Waals surface area contributed by atoms with E-state index in [4.69, 9.17) is 14.6 Å². The van der Waals surface area contributed by atoms with Crippen LogP contribution in [0, 0.1) is 10.1 Å². The number of ether oxygens (including phenoxy) is 2. The van der Waals surface area contributed by atoms with Crippen molar-refractivity contribution in [3.63, 3.8) is 0 Å². The van der Waals surface area contributed by atoms with Gasteiger partial charge in [0, 0.05) is 35.5 Å². The van der Waals surface area contributed by atoms with Crippen molar-refractivity contribution in [3.8, 4) is 17.0 Å². The second-order valence-corrected chi connectivity index (χ2v) is 8.81. The van der Waals surface area contributed by atoms with Gasteiger partial charge in [0.05, 0.1) is 22.1 Å². The normalized spacial score (nSPS) is 14.4. The van der Waals surface area contributed by atoms with Crippen LogP contribution in [-0.2, 0) is 16.6 Å². The van der Waals surface area contributed by atoms with Crippen LogP contribution in [0.5, 0.6) is 5.75 Å². The number of anilines is 1. The van der Waals surface area contributed by atoms with E-state index in [2.05, 4.69) is 5.32 Å². The fourth-order valence-electron chi connectivity index (χ4n) is 4.75. The van der Waals surface area contributed by atoms with E-state index < -0.39 is 16.8 Å². The summed E-state index contributed by atoms with van der Waals surface area (Å²) in [4.78, 5) is 25.2. The van der Waals surface area contributed by atoms with Crippen LogP contribution in [0.1, 0.15) is 24.0 Å². The molecule has 3 aromatic carbocycles. The Morgan fingerprint density at radius 3 is 2.37 bits per heavy atom. The maximum absolute atomic E-state index is 13.6. The highest BCUT2D eigenvalue weighted by Crippen LogP contribution is 2.48. The Morgan fingerprint density at radius 2 is 1.66 bits per heavy atom. The van der Waals surface area contributed by atoms with Gasteiger partial charge in [-0.1, -0.05) is 66.7 Å². The van der Waals surface area contributed by atoms with Crippen molar-refractivity contribution < 1.29 is 19.2 Å². The van der Waals surface area contributed by atoms with E-state index in [1.54, 1.807) is 36.9 Å². The molecule has 1 aliphatic heterocycles. The Morgan fingerprint density at radius 1 is 1.00 bits per heavy atom. The quantitative estimate of drug-likeness (QED) is 0.145. The van der Waals surface area contributed by atoms with Crippen molar-refractivity contribution >= 4 is 17.5 Å². The van der Waals surface area contributed by atoms with Crippen molar-refractivity contribution in [2.24, 2.45) is 7.05 Å². The van der Waals surface area contributed by atoms with Gasteiger partial charge in [0.15, 0.2) is 0 Å². The monoisotopic (exact) mass is 510 g/mol. The molecule has 0 saturated carbocycles. The zero-order chi connectivity index (χ0) is 26.6. The molecule has 1 aliphatic rings. The van der Waals surface area contributed by atoms with Crippen LogP contribution in [0.2, 0.25) is 0 Å². The highest BCUT2D eigenvalue weighted by Gasteiger charge is 2.40. The van der Waals surface area contributed by atoms with E-state index in [0.29, 0.717) is 34.1 Å². The van der Waals surface area contributed by atoms with Crippen LogP contribution in [-0.4, -0.2) is 33.9 Å². The number of rotatable bonds is 8. The summed E-state index contributed by atoms with van der Waals surface area (Å²) in [6.45, 7) is 1.94. The maximum atomic E-state index is 13.6. The van der Waals surface area contributed by atoms with Gasteiger partial charge in [-0.25, -0.2) is 4.79 Å². The SMILES string of the molecule is CC1=C(C(=O)OCCOc2ccccc2)C(c2ccccc2[N+](=O)[O-])c2c(-c3ccccc3)nn(C)c2N1. The van der Waals surface area contributed by atoms with Crippen molar-refractivity contribution in [1.82, 2.24) is 9.78 Å². The number of nitro groups is 1. The van der Waals surface area contributed by atoms with Crippen LogP contribution in [0.25, 0.3) is 11.3 Å². The smallest absolute Gasteiger partial charge is 0.336 e. The van der Waals surface area contributed by atoms with E-state index in [9.17, 15) is 14.9 Å². The molecule has 0 spiro atoms. The number of carbonyl (C=O) groups excluding carboxylic acids is 1. The molecule has 192 valence electrons. The number of nitrogens with one attached hydrogen (secondary N) is 1. The number of fused-ring (bicyclic) bond motifs is 1. The summed E-state index contributed by atoms with van der Waals surface area (Å²) in [6.07, 6.45) is 0. The third-order valence-corrected chi connectivity index (χ3v) is 6.41. The molecule has 4 aromatic rings. The van der Waals surface area contributed by atoms with E-state index in [1.165, 1.54) is 6.07 Å². The molecule has 9 heteroatoms. The van der Waals surface area contributed by atoms with Crippen molar-refractivity contribution in [3.05, 3.63) is 117 Å². The first kappa shape index (κ1) is 24.8. The molecule has 5 rings (SSSR count). The van der Waals surface area contributed by atoms with Crippen molar-refractivity contribution in [2.75, 3.05) is 18.5 Å². The van der Waals surface area contributed by atoms with Gasteiger partial charge in [-0.2, -0.15) is 5.10 Å². The second kappa shape index (κ2) is 10.6. The van der Waals surface area contributed by atoms with Crippen LogP contribution in [0.15, 0.2) is 96.2 Å². The van der Waals surface area contributed by atoms with Gasteiger partial charge >= 0.3 is 5.97 Å². The van der Waals surface area contributed by atoms with E-state index >= 15 is 0 Å². The minimum absolute atomic E-state index is 0.0134. The summed E-state index contributed by atoms with van der Waals surface area (Å²) in [5, 5.41) is 20.1. The summed E-state index contributed by atoms with van der Waals surface area (Å²) in [5.74, 6) is -0.0281. The van der Waals surface area contributed by atoms with E-state index in [1.807, 2.05) is 60.7 Å². The number of aryl methyl sites for hydroxylation is 1. The maximum Gasteiger partial charge on any atom is 0.336 e. The Hall–Kier alpha value is -4.92. The zero-order valence-corrected chi connectivity index (χ0v) is 21.0. The zero-order valence-electron chi connectivity index (χ0n) is 21.0. The van der Waals surface area contributed by atoms with E-state index in [0.717, 1.165) is 5.56 Å². The van der Waals surface area contributed by atoms with Crippen molar-refractivity contribution in [2.45, 2.75) is 12.8 Å². The molecular formula is C29H26N4O5. The number of esters is 1. The number of carbonyl (C=O) groups is 1. The molecule has 0 saturated heterocycles. The second-order valence-electron chi connectivity index (χ2n) is 8.81. The number of nitrogens with zero attached hydrogens (tertiary/aromatic N) is 3. The van der Waals surface area contributed by atoms with Crippen LogP contribution in [0.3, 0.4) is 0 Å².